The molecule has 1 fully saturated rings. The number of rotatable bonds is 5. The van der Waals surface area contributed by atoms with Gasteiger partial charge in [0.25, 0.3) is 0 Å². The van der Waals surface area contributed by atoms with Crippen LogP contribution in [-0.2, 0) is 9.84 Å². The number of ether oxygens (including phenoxy) is 1. The van der Waals surface area contributed by atoms with E-state index in [9.17, 15) is 13.5 Å². The predicted octanol–water partition coefficient (Wildman–Crippen LogP) is 2.41. The summed E-state index contributed by atoms with van der Waals surface area (Å²) in [5.41, 5.74) is -0.207. The van der Waals surface area contributed by atoms with Gasteiger partial charge in [0.15, 0.2) is 9.84 Å². The molecule has 0 heterocycles. The number of hydrogen-bond donors (Lipinski definition) is 1. The van der Waals surface area contributed by atoms with Crippen molar-refractivity contribution in [2.45, 2.75) is 50.2 Å². The Morgan fingerprint density at radius 3 is 2.50 bits per heavy atom. The van der Waals surface area contributed by atoms with Crippen LogP contribution in [0.25, 0.3) is 0 Å². The molecule has 5 heteroatoms. The third kappa shape index (κ3) is 2.56. The summed E-state index contributed by atoms with van der Waals surface area (Å²) in [6.45, 7) is 4.10. The molecule has 0 aromatic heterocycles. The maximum absolute atomic E-state index is 11.6. The van der Waals surface area contributed by atoms with Crippen molar-refractivity contribution in [2.75, 3.05) is 6.26 Å². The summed E-state index contributed by atoms with van der Waals surface area (Å²) < 4.78 is 29.0. The number of aliphatic hydroxyl groups excluding tert-OH is 1. The smallest absolute Gasteiger partial charge is 0.175 e. The summed E-state index contributed by atoms with van der Waals surface area (Å²) in [5, 5.41) is 10.0. The molecule has 2 rings (SSSR count). The molecule has 4 nitrogen and oxygen atoms in total. The van der Waals surface area contributed by atoms with Crippen LogP contribution in [0.4, 0.5) is 0 Å². The molecule has 0 saturated heterocycles. The minimum Gasteiger partial charge on any atom is -0.490 e. The fourth-order valence-corrected chi connectivity index (χ4v) is 3.67. The normalized spacial score (nSPS) is 25.0. The second-order valence-electron chi connectivity index (χ2n) is 5.55. The Morgan fingerprint density at radius 2 is 2.00 bits per heavy atom. The fourth-order valence-electron chi connectivity index (χ4n) is 3.01. The first-order chi connectivity index (χ1) is 9.33. The lowest BCUT2D eigenvalue weighted by Gasteiger charge is -2.52. The van der Waals surface area contributed by atoms with Crippen molar-refractivity contribution in [3.8, 4) is 5.75 Å². The molecule has 2 atom stereocenters. The topological polar surface area (TPSA) is 63.6 Å². The van der Waals surface area contributed by atoms with E-state index >= 15 is 0 Å². The van der Waals surface area contributed by atoms with Crippen molar-refractivity contribution in [1.82, 2.24) is 0 Å². The lowest BCUT2D eigenvalue weighted by Crippen LogP contribution is -2.59. The zero-order valence-electron chi connectivity index (χ0n) is 12.2. The highest BCUT2D eigenvalue weighted by molar-refractivity contribution is 7.90. The van der Waals surface area contributed by atoms with Gasteiger partial charge in [-0.2, -0.15) is 0 Å². The lowest BCUT2D eigenvalue weighted by atomic mass is 9.60. The summed E-state index contributed by atoms with van der Waals surface area (Å²) in [6.07, 6.45) is 3.09. The van der Waals surface area contributed by atoms with E-state index in [0.29, 0.717) is 12.2 Å². The van der Waals surface area contributed by atoms with Gasteiger partial charge in [-0.05, 0) is 31.0 Å². The van der Waals surface area contributed by atoms with Gasteiger partial charge in [0.05, 0.1) is 11.0 Å². The van der Waals surface area contributed by atoms with E-state index < -0.39 is 9.84 Å². The maximum Gasteiger partial charge on any atom is 0.175 e. The molecule has 0 bridgehead atoms. The number of aliphatic hydroxyl groups is 1. The van der Waals surface area contributed by atoms with Crippen molar-refractivity contribution in [3.05, 3.63) is 24.3 Å². The Balaban J connectivity index is 2.20. The molecule has 112 valence electrons. The van der Waals surface area contributed by atoms with Gasteiger partial charge in [0.2, 0.25) is 0 Å². The van der Waals surface area contributed by atoms with Crippen LogP contribution in [-0.4, -0.2) is 32.0 Å². The third-order valence-electron chi connectivity index (χ3n) is 4.57. The van der Waals surface area contributed by atoms with Crippen LogP contribution in [0.3, 0.4) is 0 Å². The molecule has 1 N–H and O–H groups in total. The van der Waals surface area contributed by atoms with Crippen LogP contribution >= 0.6 is 0 Å². The van der Waals surface area contributed by atoms with Crippen LogP contribution in [0.5, 0.6) is 5.75 Å². The number of benzene rings is 1. The van der Waals surface area contributed by atoms with E-state index in [4.69, 9.17) is 4.74 Å². The lowest BCUT2D eigenvalue weighted by molar-refractivity contribution is -0.159. The molecule has 1 aromatic rings. The van der Waals surface area contributed by atoms with Crippen LogP contribution < -0.4 is 4.74 Å². The molecule has 20 heavy (non-hydrogen) atoms. The first kappa shape index (κ1) is 15.3. The standard InChI is InChI=1S/C15H22O4S/c1-4-15(5-2)13(16)10-14(15)19-11-7-6-8-12(9-11)20(3,17)18/h6-9,13-14,16H,4-5,10H2,1-3H3. The Morgan fingerprint density at radius 1 is 1.35 bits per heavy atom. The zero-order chi connectivity index (χ0) is 15.0. The van der Waals surface area contributed by atoms with E-state index in [1.165, 1.54) is 6.26 Å². The second-order valence-corrected chi connectivity index (χ2v) is 7.56. The highest BCUT2D eigenvalue weighted by atomic mass is 32.2. The largest absolute Gasteiger partial charge is 0.490 e. The van der Waals surface area contributed by atoms with Gasteiger partial charge >= 0.3 is 0 Å². The van der Waals surface area contributed by atoms with E-state index in [-0.39, 0.29) is 22.5 Å². The SMILES string of the molecule is CCC1(CC)C(O)CC1Oc1cccc(S(C)(=O)=O)c1. The van der Waals surface area contributed by atoms with E-state index in [0.717, 1.165) is 12.8 Å². The quantitative estimate of drug-likeness (QED) is 0.906. The molecule has 0 spiro atoms. The second kappa shape index (κ2) is 5.37. The zero-order valence-corrected chi connectivity index (χ0v) is 13.0. The molecule has 1 aliphatic carbocycles. The summed E-state index contributed by atoms with van der Waals surface area (Å²) in [5.74, 6) is 0.552. The van der Waals surface area contributed by atoms with Crippen molar-refractivity contribution < 1.29 is 18.3 Å². The fraction of sp³-hybridized carbons (Fsp3) is 0.600. The Hall–Kier alpha value is -1.07. The minimum absolute atomic E-state index is 0.0534. The summed E-state index contributed by atoms with van der Waals surface area (Å²) in [7, 11) is -3.23. The Labute approximate surface area is 120 Å². The van der Waals surface area contributed by atoms with Gasteiger partial charge in [-0.3, -0.25) is 0 Å². The maximum atomic E-state index is 11.6. The van der Waals surface area contributed by atoms with Crippen LogP contribution in [0, 0.1) is 5.41 Å². The average Bonchev–Trinajstić information content (AvgIpc) is 2.39. The molecular weight excluding hydrogens is 276 g/mol. The van der Waals surface area contributed by atoms with Crippen molar-refractivity contribution >= 4 is 9.84 Å². The van der Waals surface area contributed by atoms with Crippen LogP contribution in [0.2, 0.25) is 0 Å². The van der Waals surface area contributed by atoms with Crippen molar-refractivity contribution in [3.63, 3.8) is 0 Å². The van der Waals surface area contributed by atoms with Gasteiger partial charge in [0, 0.05) is 18.1 Å². The van der Waals surface area contributed by atoms with Crippen molar-refractivity contribution in [2.24, 2.45) is 5.41 Å². The summed E-state index contributed by atoms with van der Waals surface area (Å²) >= 11 is 0. The minimum atomic E-state index is -3.23. The van der Waals surface area contributed by atoms with E-state index in [1.54, 1.807) is 24.3 Å². The van der Waals surface area contributed by atoms with E-state index in [2.05, 4.69) is 13.8 Å². The van der Waals surface area contributed by atoms with E-state index in [1.807, 2.05) is 0 Å². The molecule has 2 unspecified atom stereocenters. The molecule has 0 aliphatic heterocycles. The predicted molar refractivity (Wildman–Crippen MR) is 77.6 cm³/mol. The number of sulfone groups is 1. The molecule has 1 aliphatic rings. The van der Waals surface area contributed by atoms with Gasteiger partial charge in [0.1, 0.15) is 11.9 Å². The molecular formula is C15H22O4S. The van der Waals surface area contributed by atoms with Crippen molar-refractivity contribution in [1.29, 1.82) is 0 Å². The van der Waals surface area contributed by atoms with Crippen LogP contribution in [0.1, 0.15) is 33.1 Å². The van der Waals surface area contributed by atoms with Gasteiger partial charge in [-0.1, -0.05) is 19.9 Å². The molecule has 1 saturated carbocycles. The highest BCUT2D eigenvalue weighted by Crippen LogP contribution is 2.48. The molecule has 0 radical (unpaired) electrons. The first-order valence-electron chi connectivity index (χ1n) is 6.98. The summed E-state index contributed by atoms with van der Waals surface area (Å²) in [6, 6.07) is 6.55. The number of hydrogen-bond acceptors (Lipinski definition) is 4. The Kier molecular flexibility index (Phi) is 4.12. The molecule has 1 aromatic carbocycles. The van der Waals surface area contributed by atoms with Gasteiger partial charge in [-0.25, -0.2) is 8.42 Å². The van der Waals surface area contributed by atoms with Gasteiger partial charge in [-0.15, -0.1) is 0 Å². The monoisotopic (exact) mass is 298 g/mol. The highest BCUT2D eigenvalue weighted by Gasteiger charge is 2.53. The first-order valence-corrected chi connectivity index (χ1v) is 8.87. The summed E-state index contributed by atoms with van der Waals surface area (Å²) in [4.78, 5) is 0.258. The van der Waals surface area contributed by atoms with Gasteiger partial charge < -0.3 is 9.84 Å². The average molecular weight is 298 g/mol. The Bertz CT molecular complexity index is 575. The third-order valence-corrected chi connectivity index (χ3v) is 5.68. The molecule has 0 amide bonds. The van der Waals surface area contributed by atoms with Crippen LogP contribution in [0.15, 0.2) is 29.2 Å².